The summed E-state index contributed by atoms with van der Waals surface area (Å²) in [6.07, 6.45) is 0. The minimum absolute atomic E-state index is 0.0381. The van der Waals surface area contributed by atoms with Gasteiger partial charge in [0.2, 0.25) is 5.91 Å². The molecule has 1 amide bonds. The van der Waals surface area contributed by atoms with Gasteiger partial charge in [-0.1, -0.05) is 37.3 Å². The van der Waals surface area contributed by atoms with Crippen LogP contribution in [0.25, 0.3) is 0 Å². The molecule has 0 spiro atoms. The number of hydrogen-bond donors (Lipinski definition) is 2. The van der Waals surface area contributed by atoms with E-state index in [-0.39, 0.29) is 11.8 Å². The highest BCUT2D eigenvalue weighted by Crippen LogP contribution is 2.17. The highest BCUT2D eigenvalue weighted by Gasteiger charge is 2.20. The Morgan fingerprint density at radius 3 is 2.43 bits per heavy atom. The van der Waals surface area contributed by atoms with E-state index in [0.717, 1.165) is 5.56 Å². The van der Waals surface area contributed by atoms with E-state index in [1.54, 1.807) is 7.05 Å². The Hall–Kier alpha value is -1.35. The van der Waals surface area contributed by atoms with E-state index in [0.29, 0.717) is 0 Å². The van der Waals surface area contributed by atoms with Crippen molar-refractivity contribution in [3.05, 3.63) is 35.9 Å². The number of carbonyl (C=O) groups excluding carboxylic acids is 1. The first-order chi connectivity index (χ1) is 6.66. The molecule has 0 saturated carbocycles. The molecule has 0 aliphatic heterocycles. The number of carbonyl (C=O) groups is 1. The molecule has 3 N–H and O–H groups in total. The van der Waals surface area contributed by atoms with Crippen molar-refractivity contribution in [1.82, 2.24) is 5.32 Å². The van der Waals surface area contributed by atoms with Crippen molar-refractivity contribution in [2.75, 3.05) is 7.05 Å². The maximum atomic E-state index is 11.3. The Labute approximate surface area is 84.3 Å². The SMILES string of the molecule is CNC(=O)C(N)C(C)c1ccccc1. The van der Waals surface area contributed by atoms with Crippen molar-refractivity contribution in [3.8, 4) is 0 Å². The van der Waals surface area contributed by atoms with Crippen LogP contribution in [0.4, 0.5) is 0 Å². The normalized spacial score (nSPS) is 14.5. The van der Waals surface area contributed by atoms with Crippen molar-refractivity contribution >= 4 is 5.91 Å². The Bertz CT molecular complexity index is 297. The lowest BCUT2D eigenvalue weighted by Crippen LogP contribution is -2.42. The molecule has 0 aliphatic rings. The van der Waals surface area contributed by atoms with Crippen LogP contribution in [0.5, 0.6) is 0 Å². The number of nitrogens with two attached hydrogens (primary N) is 1. The van der Waals surface area contributed by atoms with Gasteiger partial charge in [0.1, 0.15) is 0 Å². The lowest BCUT2D eigenvalue weighted by Gasteiger charge is -2.18. The zero-order valence-electron chi connectivity index (χ0n) is 8.53. The molecule has 14 heavy (non-hydrogen) atoms. The van der Waals surface area contributed by atoms with Crippen LogP contribution >= 0.6 is 0 Å². The number of benzene rings is 1. The highest BCUT2D eigenvalue weighted by atomic mass is 16.2. The van der Waals surface area contributed by atoms with E-state index in [1.807, 2.05) is 37.3 Å². The van der Waals surface area contributed by atoms with Crippen molar-refractivity contribution in [1.29, 1.82) is 0 Å². The predicted molar refractivity (Wildman–Crippen MR) is 56.9 cm³/mol. The molecule has 0 aromatic heterocycles. The molecule has 0 fully saturated rings. The second kappa shape index (κ2) is 4.77. The molecule has 2 unspecified atom stereocenters. The van der Waals surface area contributed by atoms with Crippen LogP contribution in [-0.2, 0) is 4.79 Å². The smallest absolute Gasteiger partial charge is 0.237 e. The van der Waals surface area contributed by atoms with Gasteiger partial charge < -0.3 is 11.1 Å². The molecule has 0 saturated heterocycles. The van der Waals surface area contributed by atoms with Crippen LogP contribution in [0.1, 0.15) is 18.4 Å². The fourth-order valence-corrected chi connectivity index (χ4v) is 1.36. The van der Waals surface area contributed by atoms with Gasteiger partial charge in [-0.05, 0) is 5.56 Å². The van der Waals surface area contributed by atoms with E-state index < -0.39 is 6.04 Å². The Balaban J connectivity index is 2.75. The average molecular weight is 192 g/mol. The van der Waals surface area contributed by atoms with E-state index in [1.165, 1.54) is 0 Å². The van der Waals surface area contributed by atoms with Gasteiger partial charge in [0.05, 0.1) is 6.04 Å². The van der Waals surface area contributed by atoms with Crippen LogP contribution in [0, 0.1) is 0 Å². The summed E-state index contributed by atoms with van der Waals surface area (Å²) < 4.78 is 0. The van der Waals surface area contributed by atoms with Crippen molar-refractivity contribution in [2.45, 2.75) is 18.9 Å². The molecule has 1 rings (SSSR count). The second-order valence-corrected chi connectivity index (χ2v) is 3.34. The molecule has 1 aromatic carbocycles. The minimum Gasteiger partial charge on any atom is -0.358 e. The van der Waals surface area contributed by atoms with Crippen molar-refractivity contribution in [3.63, 3.8) is 0 Å². The molecule has 3 nitrogen and oxygen atoms in total. The fraction of sp³-hybridized carbons (Fsp3) is 0.364. The van der Waals surface area contributed by atoms with Crippen LogP contribution in [-0.4, -0.2) is 19.0 Å². The van der Waals surface area contributed by atoms with E-state index in [4.69, 9.17) is 5.73 Å². The third-order valence-electron chi connectivity index (χ3n) is 2.41. The molecule has 0 radical (unpaired) electrons. The molecule has 2 atom stereocenters. The maximum Gasteiger partial charge on any atom is 0.237 e. The minimum atomic E-state index is -0.484. The Kier molecular flexibility index (Phi) is 3.65. The van der Waals surface area contributed by atoms with Crippen molar-refractivity contribution in [2.24, 2.45) is 5.73 Å². The van der Waals surface area contributed by atoms with Gasteiger partial charge in [-0.3, -0.25) is 4.79 Å². The first kappa shape index (κ1) is 10.7. The molecule has 3 heteroatoms. The molecule has 1 aromatic rings. The summed E-state index contributed by atoms with van der Waals surface area (Å²) >= 11 is 0. The quantitative estimate of drug-likeness (QED) is 0.746. The number of likely N-dealkylation sites (N-methyl/N-ethyl adjacent to an activating group) is 1. The summed E-state index contributed by atoms with van der Waals surface area (Å²) in [4.78, 5) is 11.3. The van der Waals surface area contributed by atoms with Gasteiger partial charge in [-0.15, -0.1) is 0 Å². The summed E-state index contributed by atoms with van der Waals surface area (Å²) in [6, 6.07) is 9.32. The van der Waals surface area contributed by atoms with Crippen LogP contribution in [0.2, 0.25) is 0 Å². The molecule has 76 valence electrons. The summed E-state index contributed by atoms with van der Waals surface area (Å²) in [6.45, 7) is 1.95. The van der Waals surface area contributed by atoms with E-state index in [9.17, 15) is 4.79 Å². The number of hydrogen-bond acceptors (Lipinski definition) is 2. The lowest BCUT2D eigenvalue weighted by atomic mass is 9.93. The van der Waals surface area contributed by atoms with Gasteiger partial charge >= 0.3 is 0 Å². The van der Waals surface area contributed by atoms with Gasteiger partial charge in [-0.2, -0.15) is 0 Å². The monoisotopic (exact) mass is 192 g/mol. The zero-order valence-corrected chi connectivity index (χ0v) is 8.53. The number of nitrogens with one attached hydrogen (secondary N) is 1. The molecule has 0 bridgehead atoms. The molecular weight excluding hydrogens is 176 g/mol. The summed E-state index contributed by atoms with van der Waals surface area (Å²) in [5.74, 6) is -0.0856. The van der Waals surface area contributed by atoms with Crippen LogP contribution < -0.4 is 11.1 Å². The van der Waals surface area contributed by atoms with Crippen molar-refractivity contribution < 1.29 is 4.79 Å². The van der Waals surface area contributed by atoms with E-state index in [2.05, 4.69) is 5.32 Å². The van der Waals surface area contributed by atoms with Gasteiger partial charge in [0, 0.05) is 13.0 Å². The largest absolute Gasteiger partial charge is 0.358 e. The Morgan fingerprint density at radius 1 is 1.36 bits per heavy atom. The third kappa shape index (κ3) is 2.33. The summed E-state index contributed by atoms with van der Waals surface area (Å²) in [7, 11) is 1.60. The van der Waals surface area contributed by atoms with Crippen LogP contribution in [0.3, 0.4) is 0 Å². The van der Waals surface area contributed by atoms with Gasteiger partial charge in [-0.25, -0.2) is 0 Å². The summed E-state index contributed by atoms with van der Waals surface area (Å²) in [5.41, 5.74) is 6.88. The molecule has 0 aliphatic carbocycles. The van der Waals surface area contributed by atoms with E-state index >= 15 is 0 Å². The first-order valence-electron chi connectivity index (χ1n) is 4.69. The predicted octanol–water partition coefficient (Wildman–Crippen LogP) is 0.863. The van der Waals surface area contributed by atoms with Gasteiger partial charge in [0.25, 0.3) is 0 Å². The maximum absolute atomic E-state index is 11.3. The highest BCUT2D eigenvalue weighted by molar-refractivity contribution is 5.82. The summed E-state index contributed by atoms with van der Waals surface area (Å²) in [5, 5.41) is 2.55. The molecular formula is C11H16N2O. The van der Waals surface area contributed by atoms with Gasteiger partial charge in [0.15, 0.2) is 0 Å². The Morgan fingerprint density at radius 2 is 1.93 bits per heavy atom. The zero-order chi connectivity index (χ0) is 10.6. The second-order valence-electron chi connectivity index (χ2n) is 3.34. The molecule has 0 heterocycles. The first-order valence-corrected chi connectivity index (χ1v) is 4.69. The topological polar surface area (TPSA) is 55.1 Å². The standard InChI is InChI=1S/C11H16N2O/c1-8(10(12)11(14)13-2)9-6-4-3-5-7-9/h3-8,10H,12H2,1-2H3,(H,13,14). The number of amides is 1. The lowest BCUT2D eigenvalue weighted by molar-refractivity contribution is -0.122. The third-order valence-corrected chi connectivity index (χ3v) is 2.41. The van der Waals surface area contributed by atoms with Crippen LogP contribution in [0.15, 0.2) is 30.3 Å². The average Bonchev–Trinajstić information content (AvgIpc) is 2.27. The number of rotatable bonds is 3. The fourth-order valence-electron chi connectivity index (χ4n) is 1.36.